The van der Waals surface area contributed by atoms with E-state index < -0.39 is 17.3 Å². The van der Waals surface area contributed by atoms with Gasteiger partial charge in [0.15, 0.2) is 0 Å². The zero-order valence-corrected chi connectivity index (χ0v) is 16.9. The first-order valence-corrected chi connectivity index (χ1v) is 9.09. The zero-order valence-electron chi connectivity index (χ0n) is 16.9. The van der Waals surface area contributed by atoms with E-state index in [1.807, 2.05) is 58.0 Å². The maximum atomic E-state index is 13.1. The first kappa shape index (κ1) is 25.5. The van der Waals surface area contributed by atoms with Crippen LogP contribution in [0.15, 0.2) is 48.5 Å². The van der Waals surface area contributed by atoms with Crippen molar-refractivity contribution in [3.8, 4) is 11.8 Å². The highest BCUT2D eigenvalue weighted by Crippen LogP contribution is 2.36. The quantitative estimate of drug-likeness (QED) is 0.639. The van der Waals surface area contributed by atoms with E-state index in [0.717, 1.165) is 24.8 Å². The van der Waals surface area contributed by atoms with Gasteiger partial charge < -0.3 is 9.84 Å². The molecule has 3 nitrogen and oxygen atoms in total. The van der Waals surface area contributed by atoms with Crippen LogP contribution in [-0.4, -0.2) is 12.2 Å². The number of aliphatic hydroxyl groups excluding tert-OH is 1. The van der Waals surface area contributed by atoms with Crippen LogP contribution < -0.4 is 4.74 Å². The van der Waals surface area contributed by atoms with Gasteiger partial charge in [0, 0.05) is 7.11 Å². The normalized spacial score (nSPS) is 11.3. The summed E-state index contributed by atoms with van der Waals surface area (Å²) < 4.78 is 45.1. The topological polar surface area (TPSA) is 53.2 Å². The molecular formula is C22H28F3NO2. The molecule has 6 heteroatoms. The molecule has 0 radical (unpaired) electrons. The van der Waals surface area contributed by atoms with E-state index in [2.05, 4.69) is 0 Å². The molecule has 0 heterocycles. The summed E-state index contributed by atoms with van der Waals surface area (Å²) in [5, 5.41) is 15.9. The number of hydrogen-bond acceptors (Lipinski definition) is 3. The molecule has 0 bridgehead atoms. The lowest BCUT2D eigenvalue weighted by Crippen LogP contribution is -2.12. The van der Waals surface area contributed by atoms with Gasteiger partial charge >= 0.3 is 6.18 Å². The molecule has 0 aliphatic carbocycles. The van der Waals surface area contributed by atoms with Crippen molar-refractivity contribution in [3.05, 3.63) is 65.2 Å². The van der Waals surface area contributed by atoms with Crippen LogP contribution in [0.4, 0.5) is 13.2 Å². The van der Waals surface area contributed by atoms with Crippen molar-refractivity contribution >= 4 is 0 Å². The number of rotatable bonds is 5. The van der Waals surface area contributed by atoms with E-state index in [9.17, 15) is 13.2 Å². The molecule has 28 heavy (non-hydrogen) atoms. The van der Waals surface area contributed by atoms with Crippen molar-refractivity contribution in [1.82, 2.24) is 0 Å². The molecule has 0 aliphatic rings. The van der Waals surface area contributed by atoms with Crippen LogP contribution in [0.25, 0.3) is 0 Å². The van der Waals surface area contributed by atoms with Crippen LogP contribution in [0.1, 0.15) is 56.9 Å². The van der Waals surface area contributed by atoms with Gasteiger partial charge in [0.1, 0.15) is 11.9 Å². The van der Waals surface area contributed by atoms with Crippen molar-refractivity contribution in [3.63, 3.8) is 0 Å². The maximum absolute atomic E-state index is 13.1. The minimum atomic E-state index is -4.59. The fourth-order valence-corrected chi connectivity index (χ4v) is 2.44. The Kier molecular flexibility index (Phi) is 11.6. The van der Waals surface area contributed by atoms with Crippen LogP contribution in [0.2, 0.25) is 0 Å². The average molecular weight is 395 g/mol. The molecule has 2 aromatic carbocycles. The summed E-state index contributed by atoms with van der Waals surface area (Å²) in [7, 11) is 1.00. The second kappa shape index (κ2) is 12.8. The van der Waals surface area contributed by atoms with Gasteiger partial charge in [-0.05, 0) is 36.1 Å². The second-order valence-corrected chi connectivity index (χ2v) is 5.96. The molecule has 0 aromatic heterocycles. The number of nitrogens with zero attached hydrogens (tertiary/aromatic N) is 1. The monoisotopic (exact) mass is 395 g/mol. The fourth-order valence-electron chi connectivity index (χ4n) is 2.44. The minimum Gasteiger partial charge on any atom is -0.486 e. The highest BCUT2D eigenvalue weighted by molar-refractivity contribution is 5.44. The Morgan fingerprint density at radius 1 is 1.04 bits per heavy atom. The van der Waals surface area contributed by atoms with E-state index in [1.54, 1.807) is 6.07 Å². The van der Waals surface area contributed by atoms with E-state index in [1.165, 1.54) is 6.07 Å². The van der Waals surface area contributed by atoms with Crippen molar-refractivity contribution in [2.24, 2.45) is 5.92 Å². The Bertz CT molecular complexity index is 723. The Morgan fingerprint density at radius 3 is 2.07 bits per heavy atom. The Balaban J connectivity index is 0.00000171. The van der Waals surface area contributed by atoms with Gasteiger partial charge in [-0.2, -0.15) is 18.4 Å². The smallest absolute Gasteiger partial charge is 0.417 e. The number of benzene rings is 2. The van der Waals surface area contributed by atoms with Gasteiger partial charge in [-0.1, -0.05) is 58.0 Å². The van der Waals surface area contributed by atoms with Crippen molar-refractivity contribution in [2.45, 2.75) is 46.4 Å². The van der Waals surface area contributed by atoms with Gasteiger partial charge in [0.05, 0.1) is 17.2 Å². The molecule has 2 aromatic rings. The van der Waals surface area contributed by atoms with E-state index >= 15 is 0 Å². The molecule has 1 N–H and O–H groups in total. The van der Waals surface area contributed by atoms with Crippen LogP contribution in [-0.2, 0) is 6.18 Å². The van der Waals surface area contributed by atoms with Crippen molar-refractivity contribution in [1.29, 1.82) is 5.26 Å². The molecular weight excluding hydrogens is 367 g/mol. The van der Waals surface area contributed by atoms with E-state index in [0.29, 0.717) is 12.3 Å². The number of halogens is 3. The van der Waals surface area contributed by atoms with Crippen LogP contribution in [0.5, 0.6) is 5.75 Å². The molecule has 0 fully saturated rings. The summed E-state index contributed by atoms with van der Waals surface area (Å²) in [4.78, 5) is 0. The van der Waals surface area contributed by atoms with Crippen molar-refractivity contribution in [2.75, 3.05) is 7.11 Å². The van der Waals surface area contributed by atoms with Gasteiger partial charge in [0.25, 0.3) is 0 Å². The van der Waals surface area contributed by atoms with Crippen molar-refractivity contribution < 1.29 is 23.0 Å². The van der Waals surface area contributed by atoms with Crippen LogP contribution >= 0.6 is 0 Å². The highest BCUT2D eigenvalue weighted by atomic mass is 19.4. The first-order valence-electron chi connectivity index (χ1n) is 9.09. The lowest BCUT2D eigenvalue weighted by molar-refractivity contribution is -0.137. The number of alkyl halides is 3. The standard InChI is InChI=1S/C19H18F3NO.C2H6.CH4O/c1-13(2)10-18(14-6-4-3-5-7-14)24-16-9-8-15(12-23)17(11-16)19(20,21)22;2*1-2/h3-9,11,13,18H,10H2,1-2H3;1-2H3;2H,1H3. The van der Waals surface area contributed by atoms with Gasteiger partial charge in [-0.15, -0.1) is 0 Å². The number of ether oxygens (including phenoxy) is 1. The summed E-state index contributed by atoms with van der Waals surface area (Å²) in [5.74, 6) is 0.423. The molecule has 1 atom stereocenters. The molecule has 154 valence electrons. The summed E-state index contributed by atoms with van der Waals surface area (Å²) in [6.07, 6.45) is -4.27. The van der Waals surface area contributed by atoms with E-state index in [-0.39, 0.29) is 11.9 Å². The minimum absolute atomic E-state index is 0.107. The Labute approximate surface area is 165 Å². The zero-order chi connectivity index (χ0) is 21.7. The van der Waals surface area contributed by atoms with Crippen LogP contribution in [0.3, 0.4) is 0 Å². The fraction of sp³-hybridized carbons (Fsp3) is 0.409. The third-order valence-electron chi connectivity index (χ3n) is 3.55. The largest absolute Gasteiger partial charge is 0.486 e. The number of nitriles is 1. The SMILES string of the molecule is CC.CC(C)CC(Oc1ccc(C#N)c(C(F)(F)F)c1)c1ccccc1.CO. The Hall–Kier alpha value is -2.52. The molecule has 0 spiro atoms. The van der Waals surface area contributed by atoms with E-state index in [4.69, 9.17) is 15.1 Å². The van der Waals surface area contributed by atoms with Gasteiger partial charge in [0.2, 0.25) is 0 Å². The predicted molar refractivity (Wildman–Crippen MR) is 105 cm³/mol. The summed E-state index contributed by atoms with van der Waals surface area (Å²) in [6.45, 7) is 8.05. The third-order valence-corrected chi connectivity index (χ3v) is 3.55. The maximum Gasteiger partial charge on any atom is 0.417 e. The molecule has 0 saturated carbocycles. The summed E-state index contributed by atoms with van der Waals surface area (Å²) >= 11 is 0. The molecule has 2 rings (SSSR count). The predicted octanol–water partition coefficient (Wildman–Crippen LogP) is 6.38. The summed E-state index contributed by atoms with van der Waals surface area (Å²) in [6, 6.07) is 14.4. The number of aliphatic hydroxyl groups is 1. The third kappa shape index (κ3) is 8.01. The second-order valence-electron chi connectivity index (χ2n) is 5.96. The van der Waals surface area contributed by atoms with Gasteiger partial charge in [-0.3, -0.25) is 0 Å². The first-order chi connectivity index (χ1) is 13.3. The molecule has 0 saturated heterocycles. The Morgan fingerprint density at radius 2 is 1.61 bits per heavy atom. The number of hydrogen-bond donors (Lipinski definition) is 1. The summed E-state index contributed by atoms with van der Waals surface area (Å²) in [5.41, 5.74) is -0.474. The van der Waals surface area contributed by atoms with Crippen LogP contribution in [0, 0.1) is 17.2 Å². The average Bonchev–Trinajstić information content (AvgIpc) is 2.70. The lowest BCUT2D eigenvalue weighted by Gasteiger charge is -2.22. The molecule has 0 aliphatic heterocycles. The lowest BCUT2D eigenvalue weighted by atomic mass is 9.99. The molecule has 0 amide bonds. The highest BCUT2D eigenvalue weighted by Gasteiger charge is 2.34. The molecule has 1 unspecified atom stereocenters. The van der Waals surface area contributed by atoms with Gasteiger partial charge in [-0.25, -0.2) is 0 Å².